The van der Waals surface area contributed by atoms with Crippen molar-refractivity contribution in [1.29, 1.82) is 0 Å². The lowest BCUT2D eigenvalue weighted by atomic mass is 10.2. The summed E-state index contributed by atoms with van der Waals surface area (Å²) < 4.78 is 15.8. The van der Waals surface area contributed by atoms with E-state index in [0.29, 0.717) is 19.8 Å². The zero-order valence-corrected chi connectivity index (χ0v) is 10.6. The van der Waals surface area contributed by atoms with Crippen molar-refractivity contribution in [3.8, 4) is 0 Å². The number of rotatable bonds is 7. The van der Waals surface area contributed by atoms with Crippen molar-refractivity contribution in [1.82, 2.24) is 0 Å². The molecule has 0 spiro atoms. The molecule has 1 saturated heterocycles. The van der Waals surface area contributed by atoms with Crippen LogP contribution < -0.4 is 0 Å². The molecular formula is C10H20O4Si. The molecule has 0 radical (unpaired) electrons. The molecule has 0 saturated carbocycles. The molecule has 0 N–H and O–H groups in total. The number of esters is 1. The summed E-state index contributed by atoms with van der Waals surface area (Å²) in [4.78, 5) is 11.1. The number of unbranched alkanes of at least 4 members (excludes halogenated alkanes) is 1. The summed E-state index contributed by atoms with van der Waals surface area (Å²) in [6.45, 7) is 5.04. The van der Waals surface area contributed by atoms with Gasteiger partial charge in [-0.1, -0.05) is 13.3 Å². The van der Waals surface area contributed by atoms with Gasteiger partial charge >= 0.3 is 14.5 Å². The first kappa shape index (κ1) is 12.7. The molecule has 0 unspecified atom stereocenters. The third-order valence-corrected chi connectivity index (χ3v) is 5.22. The Balaban J connectivity index is 1.94. The summed E-state index contributed by atoms with van der Waals surface area (Å²) in [5.41, 5.74) is 0. The van der Waals surface area contributed by atoms with Crippen molar-refractivity contribution in [2.75, 3.05) is 13.4 Å². The monoisotopic (exact) mass is 232 g/mol. The van der Waals surface area contributed by atoms with Gasteiger partial charge < -0.3 is 13.6 Å². The first-order valence-electron chi connectivity index (χ1n) is 5.60. The van der Waals surface area contributed by atoms with E-state index in [4.69, 9.17) is 13.6 Å². The van der Waals surface area contributed by atoms with Crippen LogP contribution in [0, 0.1) is 0 Å². The van der Waals surface area contributed by atoms with Gasteiger partial charge in [0.2, 0.25) is 0 Å². The van der Waals surface area contributed by atoms with Crippen LogP contribution >= 0.6 is 0 Å². The molecule has 0 amide bonds. The summed E-state index contributed by atoms with van der Waals surface area (Å²) in [6.07, 6.45) is 3.33. The molecule has 4 nitrogen and oxygen atoms in total. The van der Waals surface area contributed by atoms with Gasteiger partial charge in [0, 0.05) is 6.42 Å². The third-order valence-electron chi connectivity index (χ3n) is 2.50. The predicted octanol–water partition coefficient (Wildman–Crippen LogP) is 2.19. The molecule has 1 fully saturated rings. The maximum atomic E-state index is 11.1. The molecule has 0 bridgehead atoms. The number of carbonyl (C=O) groups excluding carboxylic acids is 1. The second kappa shape index (κ2) is 6.25. The van der Waals surface area contributed by atoms with Crippen molar-refractivity contribution >= 4 is 14.5 Å². The smallest absolute Gasteiger partial charge is 0.338 e. The Labute approximate surface area is 92.1 Å². The predicted molar refractivity (Wildman–Crippen MR) is 58.6 cm³/mol. The van der Waals surface area contributed by atoms with E-state index in [9.17, 15) is 4.79 Å². The van der Waals surface area contributed by atoms with Crippen molar-refractivity contribution in [2.45, 2.75) is 45.2 Å². The van der Waals surface area contributed by atoms with Crippen molar-refractivity contribution in [3.63, 3.8) is 0 Å². The van der Waals surface area contributed by atoms with E-state index in [2.05, 4.69) is 6.92 Å². The minimum Gasteiger partial charge on any atom is -0.466 e. The maximum Gasteiger partial charge on any atom is 0.338 e. The summed E-state index contributed by atoms with van der Waals surface area (Å²) >= 11 is 0. The SMILES string of the molecule is CCCCC(=O)OCCC[Si]1(C)OCO1. The molecule has 1 heterocycles. The van der Waals surface area contributed by atoms with Crippen molar-refractivity contribution < 1.29 is 18.4 Å². The summed E-state index contributed by atoms with van der Waals surface area (Å²) in [5.74, 6) is -0.0842. The Bertz CT molecular complexity index is 204. The van der Waals surface area contributed by atoms with Gasteiger partial charge in [-0.2, -0.15) is 0 Å². The second-order valence-corrected chi connectivity index (χ2v) is 7.31. The van der Waals surface area contributed by atoms with Crippen molar-refractivity contribution in [2.24, 2.45) is 0 Å². The summed E-state index contributed by atoms with van der Waals surface area (Å²) in [7, 11) is -1.79. The largest absolute Gasteiger partial charge is 0.466 e. The maximum absolute atomic E-state index is 11.1. The lowest BCUT2D eigenvalue weighted by Gasteiger charge is -2.35. The zero-order chi connectivity index (χ0) is 11.1. The van der Waals surface area contributed by atoms with Crippen LogP contribution in [0.5, 0.6) is 0 Å². The minimum atomic E-state index is -1.79. The quantitative estimate of drug-likeness (QED) is 0.383. The Kier molecular flexibility index (Phi) is 5.28. The standard InChI is InChI=1S/C10H20O4Si/c1-3-4-6-10(11)12-7-5-8-15(2)13-9-14-15/h3-9H2,1-2H3. The Morgan fingerprint density at radius 3 is 2.67 bits per heavy atom. The van der Waals surface area contributed by atoms with E-state index >= 15 is 0 Å². The van der Waals surface area contributed by atoms with E-state index in [1.807, 2.05) is 6.55 Å². The number of carbonyl (C=O) groups is 1. The van der Waals surface area contributed by atoms with Crippen LogP contribution in [0.15, 0.2) is 0 Å². The topological polar surface area (TPSA) is 44.8 Å². The normalized spacial score (nSPS) is 18.3. The van der Waals surface area contributed by atoms with Crippen molar-refractivity contribution in [3.05, 3.63) is 0 Å². The van der Waals surface area contributed by atoms with Gasteiger partial charge in [0.25, 0.3) is 0 Å². The minimum absolute atomic E-state index is 0.0842. The first-order chi connectivity index (χ1) is 7.16. The fraction of sp³-hybridized carbons (Fsp3) is 0.900. The lowest BCUT2D eigenvalue weighted by Crippen LogP contribution is -2.49. The number of hydrogen-bond donors (Lipinski definition) is 0. The van der Waals surface area contributed by atoms with Crippen LogP contribution in [0.25, 0.3) is 0 Å². The highest BCUT2D eigenvalue weighted by Gasteiger charge is 2.38. The van der Waals surface area contributed by atoms with Gasteiger partial charge in [-0.25, -0.2) is 0 Å². The highest BCUT2D eigenvalue weighted by atomic mass is 28.4. The Morgan fingerprint density at radius 2 is 2.13 bits per heavy atom. The number of hydrogen-bond acceptors (Lipinski definition) is 4. The highest BCUT2D eigenvalue weighted by Crippen LogP contribution is 2.23. The fourth-order valence-corrected chi connectivity index (χ4v) is 2.97. The third kappa shape index (κ3) is 4.77. The molecule has 1 aliphatic rings. The van der Waals surface area contributed by atoms with Crippen LogP contribution in [0.1, 0.15) is 32.6 Å². The van der Waals surface area contributed by atoms with E-state index in [1.54, 1.807) is 0 Å². The number of ether oxygens (including phenoxy) is 1. The van der Waals surface area contributed by atoms with Gasteiger partial charge in [0.1, 0.15) is 6.79 Å². The highest BCUT2D eigenvalue weighted by molar-refractivity contribution is 6.67. The van der Waals surface area contributed by atoms with Gasteiger partial charge in [-0.15, -0.1) is 0 Å². The summed E-state index contributed by atoms with van der Waals surface area (Å²) in [6, 6.07) is 0.911. The molecule has 0 aromatic rings. The molecule has 5 heteroatoms. The van der Waals surface area contributed by atoms with Gasteiger partial charge in [-0.3, -0.25) is 4.79 Å². The second-order valence-electron chi connectivity index (χ2n) is 3.97. The Hall–Kier alpha value is -0.393. The van der Waals surface area contributed by atoms with Gasteiger partial charge in [0.05, 0.1) is 6.61 Å². The van der Waals surface area contributed by atoms with Crippen LogP contribution in [0.3, 0.4) is 0 Å². The van der Waals surface area contributed by atoms with E-state index in [-0.39, 0.29) is 5.97 Å². The zero-order valence-electron chi connectivity index (χ0n) is 9.58. The summed E-state index contributed by atoms with van der Waals surface area (Å²) in [5, 5.41) is 0. The average molecular weight is 232 g/mol. The molecule has 88 valence electrons. The molecule has 0 atom stereocenters. The van der Waals surface area contributed by atoms with Gasteiger partial charge in [0.15, 0.2) is 0 Å². The molecule has 1 rings (SSSR count). The van der Waals surface area contributed by atoms with Crippen LogP contribution in [0.4, 0.5) is 0 Å². The molecule has 0 aliphatic carbocycles. The van der Waals surface area contributed by atoms with Gasteiger partial charge in [-0.05, 0) is 25.4 Å². The van der Waals surface area contributed by atoms with E-state index < -0.39 is 8.56 Å². The fourth-order valence-electron chi connectivity index (χ4n) is 1.38. The average Bonchev–Trinajstić information content (AvgIpc) is 2.19. The molecule has 0 aromatic carbocycles. The molecule has 15 heavy (non-hydrogen) atoms. The van der Waals surface area contributed by atoms with E-state index in [0.717, 1.165) is 25.3 Å². The first-order valence-corrected chi connectivity index (χ1v) is 8.12. The lowest BCUT2D eigenvalue weighted by molar-refractivity contribution is -0.143. The van der Waals surface area contributed by atoms with Crippen LogP contribution in [-0.4, -0.2) is 27.9 Å². The van der Waals surface area contributed by atoms with Crippen LogP contribution in [0.2, 0.25) is 12.6 Å². The van der Waals surface area contributed by atoms with E-state index in [1.165, 1.54) is 0 Å². The Morgan fingerprint density at radius 1 is 1.40 bits per heavy atom. The van der Waals surface area contributed by atoms with Crippen LogP contribution in [-0.2, 0) is 18.4 Å². The molecule has 0 aromatic heterocycles. The molecular weight excluding hydrogens is 212 g/mol. The molecule has 1 aliphatic heterocycles.